The van der Waals surface area contributed by atoms with Crippen molar-refractivity contribution in [3.05, 3.63) is 71.4 Å². The molecule has 0 aliphatic heterocycles. The van der Waals surface area contributed by atoms with E-state index in [1.807, 2.05) is 6.92 Å². The molecular formula is C21H21F4N5O2. The van der Waals surface area contributed by atoms with Crippen molar-refractivity contribution in [3.8, 4) is 11.6 Å². The van der Waals surface area contributed by atoms with E-state index in [9.17, 15) is 22.4 Å². The Bertz CT molecular complexity index is 1080. The molecule has 0 fully saturated rings. The Morgan fingerprint density at radius 3 is 2.69 bits per heavy atom. The third-order valence-electron chi connectivity index (χ3n) is 4.37. The normalized spacial score (nSPS) is 12.3. The zero-order chi connectivity index (χ0) is 23.3. The maximum Gasteiger partial charge on any atom is 0.422 e. The Hall–Kier alpha value is -3.63. The van der Waals surface area contributed by atoms with Crippen molar-refractivity contribution in [2.24, 2.45) is 0 Å². The Balaban J connectivity index is 1.54. The summed E-state index contributed by atoms with van der Waals surface area (Å²) in [5.41, 5.74) is 2.05. The summed E-state index contributed by atoms with van der Waals surface area (Å²) in [7, 11) is 0. The molecule has 0 aliphatic carbocycles. The van der Waals surface area contributed by atoms with Crippen LogP contribution >= 0.6 is 0 Å². The van der Waals surface area contributed by atoms with Gasteiger partial charge in [0.2, 0.25) is 5.88 Å². The molecule has 2 aromatic heterocycles. The molecular weight excluding hydrogens is 430 g/mol. The third-order valence-corrected chi connectivity index (χ3v) is 4.37. The number of hydrogen-bond acceptors (Lipinski definition) is 4. The molecule has 2 heterocycles. The number of urea groups is 1. The maximum absolute atomic E-state index is 14.5. The van der Waals surface area contributed by atoms with Crippen LogP contribution in [0.1, 0.15) is 29.8 Å². The van der Waals surface area contributed by atoms with Gasteiger partial charge >= 0.3 is 12.2 Å². The fraction of sp³-hybridized carbons (Fsp3) is 0.286. The van der Waals surface area contributed by atoms with Gasteiger partial charge in [0, 0.05) is 12.3 Å². The van der Waals surface area contributed by atoms with Gasteiger partial charge in [0.1, 0.15) is 11.5 Å². The summed E-state index contributed by atoms with van der Waals surface area (Å²) >= 11 is 0. The number of amides is 2. The molecule has 0 saturated carbocycles. The van der Waals surface area contributed by atoms with Crippen LogP contribution in [0.4, 0.5) is 22.4 Å². The van der Waals surface area contributed by atoms with Crippen molar-refractivity contribution in [3.63, 3.8) is 0 Å². The highest BCUT2D eigenvalue weighted by molar-refractivity contribution is 5.74. The van der Waals surface area contributed by atoms with Crippen LogP contribution in [0.3, 0.4) is 0 Å². The number of pyridine rings is 1. The van der Waals surface area contributed by atoms with Gasteiger partial charge in [-0.25, -0.2) is 18.9 Å². The molecule has 7 nitrogen and oxygen atoms in total. The zero-order valence-electron chi connectivity index (χ0n) is 17.3. The number of alkyl halides is 3. The van der Waals surface area contributed by atoms with Crippen LogP contribution in [0.25, 0.3) is 5.69 Å². The number of aromatic nitrogens is 3. The maximum atomic E-state index is 14.5. The second kappa shape index (κ2) is 9.67. The summed E-state index contributed by atoms with van der Waals surface area (Å²) in [5.74, 6) is -0.683. The Morgan fingerprint density at radius 2 is 2.03 bits per heavy atom. The zero-order valence-corrected chi connectivity index (χ0v) is 17.3. The van der Waals surface area contributed by atoms with Crippen LogP contribution in [0.15, 0.2) is 48.8 Å². The van der Waals surface area contributed by atoms with Gasteiger partial charge in [-0.05, 0) is 43.2 Å². The summed E-state index contributed by atoms with van der Waals surface area (Å²) in [6.45, 7) is 2.05. The first kappa shape index (κ1) is 23.0. The topological polar surface area (TPSA) is 81.1 Å². The predicted octanol–water partition coefficient (Wildman–Crippen LogP) is 4.22. The summed E-state index contributed by atoms with van der Waals surface area (Å²) in [5, 5.41) is 9.30. The number of aryl methyl sites for hydroxylation is 1. The van der Waals surface area contributed by atoms with E-state index in [2.05, 4.69) is 25.5 Å². The Labute approximate surface area is 181 Å². The number of benzene rings is 1. The number of nitrogens with zero attached hydrogens (tertiary/aromatic N) is 3. The average molecular weight is 451 g/mol. The van der Waals surface area contributed by atoms with Crippen molar-refractivity contribution in [1.29, 1.82) is 0 Å². The summed E-state index contributed by atoms with van der Waals surface area (Å²) < 4.78 is 57.3. The van der Waals surface area contributed by atoms with Gasteiger partial charge in [0.05, 0.1) is 24.5 Å². The van der Waals surface area contributed by atoms with Gasteiger partial charge < -0.3 is 15.4 Å². The molecule has 11 heteroatoms. The third kappa shape index (κ3) is 6.43. The molecule has 1 unspecified atom stereocenters. The number of halogens is 4. The van der Waals surface area contributed by atoms with Crippen molar-refractivity contribution in [2.45, 2.75) is 32.6 Å². The second-order valence-electron chi connectivity index (χ2n) is 7.09. The molecule has 0 radical (unpaired) electrons. The van der Waals surface area contributed by atoms with Gasteiger partial charge in [-0.2, -0.15) is 18.3 Å². The summed E-state index contributed by atoms with van der Waals surface area (Å²) in [4.78, 5) is 16.1. The van der Waals surface area contributed by atoms with Crippen LogP contribution < -0.4 is 15.4 Å². The van der Waals surface area contributed by atoms with Crippen molar-refractivity contribution >= 4 is 6.03 Å². The van der Waals surface area contributed by atoms with Crippen LogP contribution in [0, 0.1) is 12.7 Å². The van der Waals surface area contributed by atoms with E-state index >= 15 is 0 Å². The van der Waals surface area contributed by atoms with Crippen molar-refractivity contribution in [1.82, 2.24) is 25.4 Å². The molecule has 32 heavy (non-hydrogen) atoms. The minimum absolute atomic E-state index is 0.0340. The van der Waals surface area contributed by atoms with E-state index in [-0.39, 0.29) is 18.1 Å². The van der Waals surface area contributed by atoms with Crippen LogP contribution in [0.2, 0.25) is 0 Å². The molecule has 3 aromatic rings. The van der Waals surface area contributed by atoms with E-state index < -0.39 is 30.7 Å². The van der Waals surface area contributed by atoms with Gasteiger partial charge in [-0.1, -0.05) is 12.1 Å². The fourth-order valence-electron chi connectivity index (χ4n) is 2.82. The number of rotatable bonds is 7. The van der Waals surface area contributed by atoms with Crippen molar-refractivity contribution < 1.29 is 27.1 Å². The van der Waals surface area contributed by atoms with E-state index in [0.29, 0.717) is 11.3 Å². The lowest BCUT2D eigenvalue weighted by Gasteiger charge is -2.16. The number of hydrogen-bond donors (Lipinski definition) is 2. The number of ether oxygens (including phenoxy) is 1. The number of carbonyl (C=O) groups excluding carboxylic acids is 1. The second-order valence-corrected chi connectivity index (χ2v) is 7.09. The smallest absolute Gasteiger partial charge is 0.422 e. The first-order valence-corrected chi connectivity index (χ1v) is 9.61. The quantitative estimate of drug-likeness (QED) is 0.528. The van der Waals surface area contributed by atoms with Crippen molar-refractivity contribution in [2.75, 3.05) is 6.61 Å². The van der Waals surface area contributed by atoms with Crippen LogP contribution in [-0.2, 0) is 6.54 Å². The summed E-state index contributed by atoms with van der Waals surface area (Å²) in [6, 6.07) is 7.82. The first-order valence-electron chi connectivity index (χ1n) is 9.61. The standard InChI is InChI=1S/C21H21F4N5O2/c1-13-9-27-30(11-13)18-7-6-15(8-17(18)22)14(2)28-20(31)26-10-16-4-3-5-19(29-16)32-12-21(23,24)25/h3-9,11,14H,10,12H2,1-2H3,(H2,26,28,31). The van der Waals surface area contributed by atoms with Gasteiger partial charge in [0.15, 0.2) is 6.61 Å². The van der Waals surface area contributed by atoms with Crippen LogP contribution in [-0.4, -0.2) is 33.6 Å². The molecule has 2 amide bonds. The minimum Gasteiger partial charge on any atom is -0.468 e. The molecule has 0 saturated heterocycles. The summed E-state index contributed by atoms with van der Waals surface area (Å²) in [6.07, 6.45) is -1.15. The highest BCUT2D eigenvalue weighted by Gasteiger charge is 2.28. The highest BCUT2D eigenvalue weighted by Crippen LogP contribution is 2.20. The molecule has 2 N–H and O–H groups in total. The predicted molar refractivity (Wildman–Crippen MR) is 108 cm³/mol. The fourth-order valence-corrected chi connectivity index (χ4v) is 2.82. The van der Waals surface area contributed by atoms with E-state index in [1.165, 1.54) is 28.9 Å². The molecule has 0 bridgehead atoms. The van der Waals surface area contributed by atoms with Gasteiger partial charge in [-0.3, -0.25) is 0 Å². The Morgan fingerprint density at radius 1 is 1.25 bits per heavy atom. The molecule has 3 rings (SSSR count). The lowest BCUT2D eigenvalue weighted by Crippen LogP contribution is -2.36. The Kier molecular flexibility index (Phi) is 6.96. The lowest BCUT2D eigenvalue weighted by molar-refractivity contribution is -0.154. The SMILES string of the molecule is Cc1cnn(-c2ccc(C(C)NC(=O)NCc3cccc(OCC(F)(F)F)n3)cc2F)c1. The molecule has 1 atom stereocenters. The van der Waals surface area contributed by atoms with Gasteiger partial charge in [0.25, 0.3) is 0 Å². The molecule has 0 aliphatic rings. The largest absolute Gasteiger partial charge is 0.468 e. The lowest BCUT2D eigenvalue weighted by atomic mass is 10.1. The van der Waals surface area contributed by atoms with Crippen LogP contribution in [0.5, 0.6) is 5.88 Å². The van der Waals surface area contributed by atoms with E-state index in [0.717, 1.165) is 5.56 Å². The number of carbonyl (C=O) groups is 1. The number of nitrogens with one attached hydrogen (secondary N) is 2. The molecule has 0 spiro atoms. The minimum atomic E-state index is -4.47. The monoisotopic (exact) mass is 451 g/mol. The average Bonchev–Trinajstić information content (AvgIpc) is 3.16. The van der Waals surface area contributed by atoms with E-state index in [4.69, 9.17) is 0 Å². The molecule has 170 valence electrons. The molecule has 1 aromatic carbocycles. The first-order chi connectivity index (χ1) is 15.1. The van der Waals surface area contributed by atoms with Gasteiger partial charge in [-0.15, -0.1) is 0 Å². The highest BCUT2D eigenvalue weighted by atomic mass is 19.4. The van der Waals surface area contributed by atoms with E-state index in [1.54, 1.807) is 31.5 Å².